The Labute approximate surface area is 84.0 Å². The monoisotopic (exact) mass is 245 g/mol. The van der Waals surface area contributed by atoms with Crippen LogP contribution >= 0.6 is 15.9 Å². The summed E-state index contributed by atoms with van der Waals surface area (Å²) in [5, 5.41) is 0. The minimum atomic E-state index is -0.516. The van der Waals surface area contributed by atoms with E-state index in [0.717, 1.165) is 0 Å². The highest BCUT2D eigenvalue weighted by molar-refractivity contribution is 9.10. The number of hydrogen-bond donors (Lipinski definition) is 0. The third kappa shape index (κ3) is 1.98. The first-order valence-electron chi connectivity index (χ1n) is 3.47. The molecule has 0 aliphatic heterocycles. The lowest BCUT2D eigenvalue weighted by molar-refractivity contribution is 0.0590. The summed E-state index contributed by atoms with van der Waals surface area (Å²) in [5.74, 6) is -0.132. The zero-order valence-electron chi connectivity index (χ0n) is 7.20. The third-order valence-corrected chi connectivity index (χ3v) is 2.06. The molecule has 0 saturated heterocycles. The van der Waals surface area contributed by atoms with E-state index in [1.807, 2.05) is 0 Å². The molecule has 0 unspecified atom stereocenters. The largest absolute Gasteiger partial charge is 0.493 e. The number of rotatable bonds is 2. The minimum absolute atomic E-state index is 0.166. The lowest BCUT2D eigenvalue weighted by Gasteiger charge is -2.06. The molecule has 0 radical (unpaired) electrons. The second kappa shape index (κ2) is 4.23. The first-order chi connectivity index (χ1) is 6.20. The Balaban J connectivity index is 3.20. The van der Waals surface area contributed by atoms with Gasteiger partial charge in [-0.25, -0.2) is 9.78 Å². The molecule has 1 heterocycles. The van der Waals surface area contributed by atoms with Crippen molar-refractivity contribution in [3.8, 4) is 5.75 Å². The van der Waals surface area contributed by atoms with Crippen molar-refractivity contribution in [3.63, 3.8) is 0 Å². The van der Waals surface area contributed by atoms with E-state index in [9.17, 15) is 4.79 Å². The van der Waals surface area contributed by atoms with Crippen LogP contribution < -0.4 is 4.74 Å². The predicted octanol–water partition coefficient (Wildman–Crippen LogP) is 1.64. The van der Waals surface area contributed by atoms with Crippen LogP contribution in [0.4, 0.5) is 0 Å². The quantitative estimate of drug-likeness (QED) is 0.744. The van der Waals surface area contributed by atoms with Gasteiger partial charge in [0, 0.05) is 6.20 Å². The first kappa shape index (κ1) is 9.98. The molecule has 0 amide bonds. The van der Waals surface area contributed by atoms with Gasteiger partial charge in [-0.3, -0.25) is 0 Å². The smallest absolute Gasteiger partial charge is 0.360 e. The maximum atomic E-state index is 11.2. The molecule has 0 fully saturated rings. The van der Waals surface area contributed by atoms with Crippen LogP contribution in [0.3, 0.4) is 0 Å². The van der Waals surface area contributed by atoms with Crippen LogP contribution in [0.25, 0.3) is 0 Å². The Morgan fingerprint density at radius 3 is 2.77 bits per heavy atom. The molecule has 0 bridgehead atoms. The van der Waals surface area contributed by atoms with E-state index in [-0.39, 0.29) is 5.69 Å². The molecule has 0 spiro atoms. The molecule has 0 aromatic carbocycles. The maximum Gasteiger partial charge on any atom is 0.360 e. The summed E-state index contributed by atoms with van der Waals surface area (Å²) in [6.07, 6.45) is 1.50. The number of carbonyl (C=O) groups is 1. The second-order valence-corrected chi connectivity index (χ2v) is 3.02. The van der Waals surface area contributed by atoms with Gasteiger partial charge >= 0.3 is 5.97 Å². The van der Waals surface area contributed by atoms with Gasteiger partial charge in [-0.15, -0.1) is 0 Å². The molecule has 4 nitrogen and oxygen atoms in total. The lowest BCUT2D eigenvalue weighted by Crippen LogP contribution is -2.06. The van der Waals surface area contributed by atoms with Crippen LogP contribution in [-0.4, -0.2) is 25.2 Å². The van der Waals surface area contributed by atoms with Crippen LogP contribution in [0.5, 0.6) is 5.75 Å². The second-order valence-electron chi connectivity index (χ2n) is 2.17. The van der Waals surface area contributed by atoms with E-state index in [1.165, 1.54) is 20.4 Å². The van der Waals surface area contributed by atoms with Gasteiger partial charge in [0.1, 0.15) is 0 Å². The Morgan fingerprint density at radius 2 is 2.23 bits per heavy atom. The van der Waals surface area contributed by atoms with Crippen molar-refractivity contribution < 1.29 is 14.3 Å². The Kier molecular flexibility index (Phi) is 3.25. The fourth-order valence-electron chi connectivity index (χ4n) is 0.861. The number of nitrogens with zero attached hydrogens (tertiary/aromatic N) is 1. The molecule has 5 heteroatoms. The molecule has 1 aromatic rings. The topological polar surface area (TPSA) is 48.4 Å². The molecule has 1 aromatic heterocycles. The molecule has 0 saturated carbocycles. The number of carbonyl (C=O) groups excluding carboxylic acids is 1. The van der Waals surface area contributed by atoms with E-state index in [2.05, 4.69) is 25.7 Å². The van der Waals surface area contributed by atoms with Crippen LogP contribution in [0.2, 0.25) is 0 Å². The van der Waals surface area contributed by atoms with Crippen molar-refractivity contribution in [1.82, 2.24) is 4.98 Å². The van der Waals surface area contributed by atoms with Crippen molar-refractivity contribution >= 4 is 21.9 Å². The van der Waals surface area contributed by atoms with Crippen molar-refractivity contribution in [2.45, 2.75) is 0 Å². The van der Waals surface area contributed by atoms with Crippen molar-refractivity contribution in [2.75, 3.05) is 14.2 Å². The van der Waals surface area contributed by atoms with Gasteiger partial charge in [0.2, 0.25) is 0 Å². The normalized spacial score (nSPS) is 9.46. The van der Waals surface area contributed by atoms with Gasteiger partial charge < -0.3 is 9.47 Å². The average Bonchev–Trinajstić information content (AvgIpc) is 2.16. The van der Waals surface area contributed by atoms with E-state index < -0.39 is 5.97 Å². The summed E-state index contributed by atoms with van der Waals surface area (Å²) >= 11 is 3.23. The molecule has 0 aliphatic carbocycles. The molecule has 0 N–H and O–H groups in total. The van der Waals surface area contributed by atoms with E-state index in [1.54, 1.807) is 6.07 Å². The number of hydrogen-bond acceptors (Lipinski definition) is 4. The van der Waals surface area contributed by atoms with E-state index >= 15 is 0 Å². The summed E-state index contributed by atoms with van der Waals surface area (Å²) in [7, 11) is 2.76. The van der Waals surface area contributed by atoms with Gasteiger partial charge in [-0.1, -0.05) is 0 Å². The Bertz CT molecular complexity index is 327. The summed E-state index contributed by atoms with van der Waals surface area (Å²) in [5.41, 5.74) is 0.166. The summed E-state index contributed by atoms with van der Waals surface area (Å²) in [6, 6.07) is 1.69. The number of methoxy groups -OCH3 is 2. The van der Waals surface area contributed by atoms with Gasteiger partial charge in [0.25, 0.3) is 0 Å². The fourth-order valence-corrected chi connectivity index (χ4v) is 1.33. The van der Waals surface area contributed by atoms with Gasteiger partial charge in [-0.05, 0) is 22.0 Å². The zero-order valence-corrected chi connectivity index (χ0v) is 8.79. The molecule has 0 atom stereocenters. The van der Waals surface area contributed by atoms with Crippen LogP contribution in [-0.2, 0) is 4.74 Å². The van der Waals surface area contributed by atoms with Gasteiger partial charge in [0.05, 0.1) is 18.7 Å². The van der Waals surface area contributed by atoms with Crippen molar-refractivity contribution in [3.05, 3.63) is 22.4 Å². The van der Waals surface area contributed by atoms with Crippen LogP contribution in [0.15, 0.2) is 16.7 Å². The molecule has 0 aliphatic rings. The number of halogens is 1. The minimum Gasteiger partial charge on any atom is -0.493 e. The molecule has 70 valence electrons. The number of esters is 1. The standard InChI is InChI=1S/C8H8BrNO3/c1-12-7-5(9)3-4-10-6(7)8(11)13-2/h3-4H,1-2H3. The highest BCUT2D eigenvalue weighted by Gasteiger charge is 2.16. The maximum absolute atomic E-state index is 11.2. The van der Waals surface area contributed by atoms with Gasteiger partial charge in [0.15, 0.2) is 11.4 Å². The summed E-state index contributed by atoms with van der Waals surface area (Å²) in [6.45, 7) is 0. The number of pyridine rings is 1. The van der Waals surface area contributed by atoms with E-state index in [4.69, 9.17) is 4.74 Å². The predicted molar refractivity (Wildman–Crippen MR) is 49.8 cm³/mol. The van der Waals surface area contributed by atoms with Gasteiger partial charge in [-0.2, -0.15) is 0 Å². The Morgan fingerprint density at radius 1 is 1.54 bits per heavy atom. The lowest BCUT2D eigenvalue weighted by atomic mass is 10.3. The summed E-state index contributed by atoms with van der Waals surface area (Å²) < 4.78 is 10.2. The van der Waals surface area contributed by atoms with Crippen LogP contribution in [0, 0.1) is 0 Å². The van der Waals surface area contributed by atoms with Crippen LogP contribution in [0.1, 0.15) is 10.5 Å². The SMILES string of the molecule is COC(=O)c1nccc(Br)c1OC. The highest BCUT2D eigenvalue weighted by Crippen LogP contribution is 2.27. The number of ether oxygens (including phenoxy) is 2. The first-order valence-corrected chi connectivity index (χ1v) is 4.26. The fraction of sp³-hybridized carbons (Fsp3) is 0.250. The summed E-state index contributed by atoms with van der Waals surface area (Å²) in [4.78, 5) is 15.0. The van der Waals surface area contributed by atoms with E-state index in [0.29, 0.717) is 10.2 Å². The molecule has 1 rings (SSSR count). The highest BCUT2D eigenvalue weighted by atomic mass is 79.9. The van der Waals surface area contributed by atoms with Crippen molar-refractivity contribution in [2.24, 2.45) is 0 Å². The third-order valence-electron chi connectivity index (χ3n) is 1.44. The number of aromatic nitrogens is 1. The molecule has 13 heavy (non-hydrogen) atoms. The van der Waals surface area contributed by atoms with Crippen molar-refractivity contribution in [1.29, 1.82) is 0 Å². The average molecular weight is 246 g/mol. The molecular weight excluding hydrogens is 238 g/mol. The Hall–Kier alpha value is -1.10. The zero-order chi connectivity index (χ0) is 9.84. The molecular formula is C8H8BrNO3.